The van der Waals surface area contributed by atoms with Gasteiger partial charge in [-0.05, 0) is 58.2 Å². The normalized spacial score (nSPS) is 10.9. The number of hydrogen-bond acceptors (Lipinski definition) is 2. The second kappa shape index (κ2) is 7.25. The third kappa shape index (κ3) is 4.59. The molecule has 1 N–H and O–H groups in total. The SMILES string of the molecule is Cc1ccc(CNC(=O)C(=O)N(C(C)C)C(C)C)cc1C. The Morgan fingerprint density at radius 3 is 2.10 bits per heavy atom. The number of hydrogen-bond donors (Lipinski definition) is 1. The van der Waals surface area contributed by atoms with E-state index in [-0.39, 0.29) is 12.1 Å². The Kier molecular flexibility index (Phi) is 5.94. The van der Waals surface area contributed by atoms with Crippen LogP contribution >= 0.6 is 0 Å². The van der Waals surface area contributed by atoms with Gasteiger partial charge in [-0.25, -0.2) is 0 Å². The number of nitrogens with zero attached hydrogens (tertiary/aromatic N) is 1. The molecule has 0 radical (unpaired) electrons. The molecule has 116 valence electrons. The molecule has 0 fully saturated rings. The molecule has 1 aromatic rings. The quantitative estimate of drug-likeness (QED) is 0.866. The third-order valence-electron chi connectivity index (χ3n) is 3.57. The van der Waals surface area contributed by atoms with E-state index in [0.29, 0.717) is 6.54 Å². The first kappa shape index (κ1) is 17.2. The lowest BCUT2D eigenvalue weighted by atomic mass is 10.1. The van der Waals surface area contributed by atoms with Gasteiger partial charge in [0.25, 0.3) is 0 Å². The number of amides is 2. The predicted octanol–water partition coefficient (Wildman–Crippen LogP) is 2.57. The Morgan fingerprint density at radius 2 is 1.62 bits per heavy atom. The average Bonchev–Trinajstić information content (AvgIpc) is 2.38. The van der Waals surface area contributed by atoms with Crippen LogP contribution in [0.15, 0.2) is 18.2 Å². The Morgan fingerprint density at radius 1 is 1.05 bits per heavy atom. The van der Waals surface area contributed by atoms with Gasteiger partial charge >= 0.3 is 11.8 Å². The van der Waals surface area contributed by atoms with Crippen LogP contribution in [0.5, 0.6) is 0 Å². The van der Waals surface area contributed by atoms with Crippen molar-refractivity contribution in [2.75, 3.05) is 0 Å². The van der Waals surface area contributed by atoms with Gasteiger partial charge in [-0.2, -0.15) is 0 Å². The molecular formula is C17H26N2O2. The Balaban J connectivity index is 2.68. The van der Waals surface area contributed by atoms with Crippen LogP contribution in [0.1, 0.15) is 44.4 Å². The van der Waals surface area contributed by atoms with E-state index in [1.165, 1.54) is 11.1 Å². The van der Waals surface area contributed by atoms with Crippen molar-refractivity contribution in [3.63, 3.8) is 0 Å². The maximum absolute atomic E-state index is 12.2. The van der Waals surface area contributed by atoms with E-state index in [4.69, 9.17) is 0 Å². The first-order valence-electron chi connectivity index (χ1n) is 7.40. The first-order chi connectivity index (χ1) is 9.73. The standard InChI is InChI=1S/C17H26N2O2/c1-11(2)19(12(3)4)17(21)16(20)18-10-15-8-7-13(5)14(6)9-15/h7-9,11-12H,10H2,1-6H3,(H,18,20). The molecule has 0 bridgehead atoms. The Labute approximate surface area is 127 Å². The van der Waals surface area contributed by atoms with E-state index in [9.17, 15) is 9.59 Å². The molecule has 4 heteroatoms. The summed E-state index contributed by atoms with van der Waals surface area (Å²) < 4.78 is 0. The van der Waals surface area contributed by atoms with Gasteiger partial charge in [0.2, 0.25) is 0 Å². The van der Waals surface area contributed by atoms with Crippen molar-refractivity contribution in [2.24, 2.45) is 0 Å². The lowest BCUT2D eigenvalue weighted by Crippen LogP contribution is -2.49. The third-order valence-corrected chi connectivity index (χ3v) is 3.57. The fraction of sp³-hybridized carbons (Fsp3) is 0.529. The highest BCUT2D eigenvalue weighted by Crippen LogP contribution is 2.10. The highest BCUT2D eigenvalue weighted by atomic mass is 16.2. The second-order valence-electron chi connectivity index (χ2n) is 6.00. The lowest BCUT2D eigenvalue weighted by molar-refractivity contribution is -0.148. The van der Waals surface area contributed by atoms with Gasteiger partial charge in [-0.3, -0.25) is 9.59 Å². The van der Waals surface area contributed by atoms with Gasteiger partial charge in [0, 0.05) is 18.6 Å². The summed E-state index contributed by atoms with van der Waals surface area (Å²) in [4.78, 5) is 25.8. The van der Waals surface area contributed by atoms with Crippen molar-refractivity contribution in [3.8, 4) is 0 Å². The Hall–Kier alpha value is -1.84. The van der Waals surface area contributed by atoms with Gasteiger partial charge in [-0.15, -0.1) is 0 Å². The minimum atomic E-state index is -0.546. The van der Waals surface area contributed by atoms with Crippen molar-refractivity contribution in [3.05, 3.63) is 34.9 Å². The molecule has 0 heterocycles. The summed E-state index contributed by atoms with van der Waals surface area (Å²) in [5.41, 5.74) is 3.39. The summed E-state index contributed by atoms with van der Waals surface area (Å²) in [6.45, 7) is 12.1. The Bertz CT molecular complexity index is 514. The van der Waals surface area contributed by atoms with Crippen LogP contribution in [-0.4, -0.2) is 28.8 Å². The van der Waals surface area contributed by atoms with Crippen molar-refractivity contribution < 1.29 is 9.59 Å². The number of aryl methyl sites for hydroxylation is 2. The second-order valence-corrected chi connectivity index (χ2v) is 6.00. The molecule has 0 spiro atoms. The number of rotatable bonds is 4. The maximum atomic E-state index is 12.2. The average molecular weight is 290 g/mol. The molecule has 0 aliphatic rings. The molecule has 0 saturated carbocycles. The molecule has 0 unspecified atom stereocenters. The summed E-state index contributed by atoms with van der Waals surface area (Å²) in [5.74, 6) is -1.01. The molecule has 0 aromatic heterocycles. The molecule has 0 saturated heterocycles. The fourth-order valence-electron chi connectivity index (χ4n) is 2.35. The lowest BCUT2D eigenvalue weighted by Gasteiger charge is -2.30. The van der Waals surface area contributed by atoms with E-state index >= 15 is 0 Å². The van der Waals surface area contributed by atoms with E-state index in [2.05, 4.69) is 5.32 Å². The van der Waals surface area contributed by atoms with Gasteiger partial charge in [-0.1, -0.05) is 18.2 Å². The van der Waals surface area contributed by atoms with Gasteiger partial charge < -0.3 is 10.2 Å². The van der Waals surface area contributed by atoms with Crippen LogP contribution in [0.25, 0.3) is 0 Å². The zero-order valence-electron chi connectivity index (χ0n) is 13.9. The summed E-state index contributed by atoms with van der Waals surface area (Å²) in [6.07, 6.45) is 0. The number of carbonyl (C=O) groups is 2. The first-order valence-corrected chi connectivity index (χ1v) is 7.40. The van der Waals surface area contributed by atoms with Crippen molar-refractivity contribution in [1.82, 2.24) is 10.2 Å². The molecule has 4 nitrogen and oxygen atoms in total. The molecular weight excluding hydrogens is 264 g/mol. The molecule has 1 aromatic carbocycles. The van der Waals surface area contributed by atoms with Gasteiger partial charge in [0.1, 0.15) is 0 Å². The number of carbonyl (C=O) groups excluding carboxylic acids is 2. The van der Waals surface area contributed by atoms with Crippen LogP contribution < -0.4 is 5.32 Å². The zero-order valence-corrected chi connectivity index (χ0v) is 13.9. The van der Waals surface area contributed by atoms with Crippen LogP contribution in [-0.2, 0) is 16.1 Å². The number of benzene rings is 1. The molecule has 2 amide bonds. The molecule has 0 aliphatic carbocycles. The summed E-state index contributed by atoms with van der Waals surface area (Å²) >= 11 is 0. The maximum Gasteiger partial charge on any atom is 0.312 e. The predicted molar refractivity (Wildman–Crippen MR) is 84.9 cm³/mol. The minimum Gasteiger partial charge on any atom is -0.344 e. The van der Waals surface area contributed by atoms with Gasteiger partial charge in [0.05, 0.1) is 0 Å². The molecule has 21 heavy (non-hydrogen) atoms. The molecule has 0 atom stereocenters. The van der Waals surface area contributed by atoms with Crippen LogP contribution in [0.4, 0.5) is 0 Å². The largest absolute Gasteiger partial charge is 0.344 e. The van der Waals surface area contributed by atoms with Crippen molar-refractivity contribution in [2.45, 2.75) is 60.2 Å². The van der Waals surface area contributed by atoms with Crippen molar-refractivity contribution >= 4 is 11.8 Å². The fourth-order valence-corrected chi connectivity index (χ4v) is 2.35. The van der Waals surface area contributed by atoms with E-state index in [1.54, 1.807) is 4.90 Å². The van der Waals surface area contributed by atoms with Crippen LogP contribution in [0.3, 0.4) is 0 Å². The van der Waals surface area contributed by atoms with E-state index < -0.39 is 11.8 Å². The van der Waals surface area contributed by atoms with E-state index in [1.807, 2.05) is 59.7 Å². The highest BCUT2D eigenvalue weighted by Gasteiger charge is 2.25. The smallest absolute Gasteiger partial charge is 0.312 e. The number of nitrogens with one attached hydrogen (secondary N) is 1. The minimum absolute atomic E-state index is 0.00451. The zero-order chi connectivity index (χ0) is 16.2. The summed E-state index contributed by atoms with van der Waals surface area (Å²) in [7, 11) is 0. The van der Waals surface area contributed by atoms with Crippen LogP contribution in [0, 0.1) is 13.8 Å². The summed E-state index contributed by atoms with van der Waals surface area (Å²) in [5, 5.41) is 2.71. The molecule has 0 aliphatic heterocycles. The molecule has 1 rings (SSSR count). The van der Waals surface area contributed by atoms with Crippen molar-refractivity contribution in [1.29, 1.82) is 0 Å². The van der Waals surface area contributed by atoms with E-state index in [0.717, 1.165) is 5.56 Å². The van der Waals surface area contributed by atoms with Crippen LogP contribution in [0.2, 0.25) is 0 Å². The van der Waals surface area contributed by atoms with Gasteiger partial charge in [0.15, 0.2) is 0 Å². The highest BCUT2D eigenvalue weighted by molar-refractivity contribution is 6.35. The monoisotopic (exact) mass is 290 g/mol. The topological polar surface area (TPSA) is 49.4 Å². The summed E-state index contributed by atoms with van der Waals surface area (Å²) in [6, 6.07) is 6.03.